The number of aromatic nitrogens is 2. The first kappa shape index (κ1) is 12.4. The third-order valence-electron chi connectivity index (χ3n) is 2.04. The molecule has 0 aliphatic heterocycles. The molecule has 0 aliphatic carbocycles. The summed E-state index contributed by atoms with van der Waals surface area (Å²) in [4.78, 5) is 0. The Morgan fingerprint density at radius 2 is 2.24 bits per heavy atom. The fraction of sp³-hybridized carbons (Fsp3) is 0.200. The van der Waals surface area contributed by atoms with Crippen molar-refractivity contribution >= 4 is 39.7 Å². The Bertz CT molecular complexity index is 518. The summed E-state index contributed by atoms with van der Waals surface area (Å²) in [5.41, 5.74) is 0.753. The molecule has 1 aromatic carbocycles. The van der Waals surface area contributed by atoms with Gasteiger partial charge in [0.1, 0.15) is 23.1 Å². The van der Waals surface area contributed by atoms with Gasteiger partial charge in [0.2, 0.25) is 0 Å². The van der Waals surface area contributed by atoms with Crippen LogP contribution >= 0.6 is 34.7 Å². The van der Waals surface area contributed by atoms with Crippen LogP contribution in [-0.2, 0) is 6.61 Å². The van der Waals surface area contributed by atoms with Gasteiger partial charge in [0, 0.05) is 23.6 Å². The molecule has 1 heterocycles. The van der Waals surface area contributed by atoms with Crippen molar-refractivity contribution in [2.24, 2.45) is 0 Å². The molecule has 0 unspecified atom stereocenters. The molecular weight excluding hydrogens is 281 g/mol. The second kappa shape index (κ2) is 5.53. The molecule has 0 aliphatic rings. The van der Waals surface area contributed by atoms with E-state index in [2.05, 4.69) is 14.9 Å². The first-order chi connectivity index (χ1) is 8.20. The minimum Gasteiger partial charge on any atom is -0.486 e. The summed E-state index contributed by atoms with van der Waals surface area (Å²) in [5.74, 6) is 0.575. The molecule has 0 saturated carbocycles. The second-order valence-corrected chi connectivity index (χ2v) is 4.76. The van der Waals surface area contributed by atoms with Gasteiger partial charge in [-0.05, 0) is 18.2 Å². The lowest BCUT2D eigenvalue weighted by Crippen LogP contribution is -1.99. The molecule has 1 N–H and O–H groups in total. The van der Waals surface area contributed by atoms with Gasteiger partial charge < -0.3 is 10.1 Å². The van der Waals surface area contributed by atoms with Crippen LogP contribution in [0.4, 0.5) is 5.00 Å². The minimum atomic E-state index is 0.314. The van der Waals surface area contributed by atoms with Gasteiger partial charge in [-0.15, -0.1) is 5.10 Å². The van der Waals surface area contributed by atoms with Gasteiger partial charge >= 0.3 is 0 Å². The molecule has 0 spiro atoms. The SMILES string of the molecule is CNc1snnc1COc1ccc(Cl)cc1Cl. The molecule has 0 atom stereocenters. The Kier molecular flexibility index (Phi) is 4.04. The lowest BCUT2D eigenvalue weighted by molar-refractivity contribution is 0.302. The molecule has 0 saturated heterocycles. The minimum absolute atomic E-state index is 0.314. The van der Waals surface area contributed by atoms with E-state index in [9.17, 15) is 0 Å². The topological polar surface area (TPSA) is 47.0 Å². The van der Waals surface area contributed by atoms with Crippen molar-refractivity contribution in [1.82, 2.24) is 9.59 Å². The van der Waals surface area contributed by atoms with E-state index in [1.54, 1.807) is 18.2 Å². The van der Waals surface area contributed by atoms with Crippen molar-refractivity contribution in [1.29, 1.82) is 0 Å². The fourth-order valence-electron chi connectivity index (χ4n) is 1.23. The summed E-state index contributed by atoms with van der Waals surface area (Å²) in [7, 11) is 1.81. The van der Waals surface area contributed by atoms with Gasteiger partial charge in [-0.1, -0.05) is 27.7 Å². The predicted octanol–water partition coefficient (Wildman–Crippen LogP) is 3.47. The van der Waals surface area contributed by atoms with E-state index >= 15 is 0 Å². The van der Waals surface area contributed by atoms with Gasteiger partial charge in [-0.3, -0.25) is 0 Å². The number of benzene rings is 1. The predicted molar refractivity (Wildman–Crippen MR) is 70.2 cm³/mol. The smallest absolute Gasteiger partial charge is 0.138 e. The molecule has 2 rings (SSSR count). The van der Waals surface area contributed by atoms with Crippen LogP contribution in [0.25, 0.3) is 0 Å². The summed E-state index contributed by atoms with van der Waals surface area (Å²) in [5, 5.41) is 8.90. The highest BCUT2D eigenvalue weighted by Gasteiger charge is 2.08. The van der Waals surface area contributed by atoms with Crippen molar-refractivity contribution < 1.29 is 4.74 Å². The zero-order valence-electron chi connectivity index (χ0n) is 8.91. The van der Waals surface area contributed by atoms with Crippen molar-refractivity contribution in [2.45, 2.75) is 6.61 Å². The maximum absolute atomic E-state index is 5.98. The molecule has 0 radical (unpaired) electrons. The van der Waals surface area contributed by atoms with Crippen molar-refractivity contribution in [3.8, 4) is 5.75 Å². The molecule has 17 heavy (non-hydrogen) atoms. The molecule has 7 heteroatoms. The van der Waals surface area contributed by atoms with E-state index in [1.165, 1.54) is 11.5 Å². The highest BCUT2D eigenvalue weighted by atomic mass is 35.5. The third kappa shape index (κ3) is 3.00. The summed E-state index contributed by atoms with van der Waals surface area (Å²) >= 11 is 13.1. The average Bonchev–Trinajstić information content (AvgIpc) is 2.75. The van der Waals surface area contributed by atoms with Gasteiger partial charge in [0.15, 0.2) is 0 Å². The van der Waals surface area contributed by atoms with Crippen molar-refractivity contribution in [2.75, 3.05) is 12.4 Å². The van der Waals surface area contributed by atoms with E-state index in [0.717, 1.165) is 10.7 Å². The van der Waals surface area contributed by atoms with Crippen LogP contribution in [0.3, 0.4) is 0 Å². The number of nitrogens with zero attached hydrogens (tertiary/aromatic N) is 2. The average molecular weight is 290 g/mol. The highest BCUT2D eigenvalue weighted by molar-refractivity contribution is 7.10. The van der Waals surface area contributed by atoms with Crippen LogP contribution < -0.4 is 10.1 Å². The molecule has 4 nitrogen and oxygen atoms in total. The molecule has 90 valence electrons. The van der Waals surface area contributed by atoms with Gasteiger partial charge in [0.05, 0.1) is 5.02 Å². The van der Waals surface area contributed by atoms with Crippen LogP contribution in [-0.4, -0.2) is 16.6 Å². The zero-order chi connectivity index (χ0) is 12.3. The third-order valence-corrected chi connectivity index (χ3v) is 3.36. The van der Waals surface area contributed by atoms with Crippen LogP contribution in [0.15, 0.2) is 18.2 Å². The summed E-state index contributed by atoms with van der Waals surface area (Å²) < 4.78 is 9.39. The molecular formula is C10H9Cl2N3OS. The fourth-order valence-corrected chi connectivity index (χ4v) is 2.21. The van der Waals surface area contributed by atoms with Crippen LogP contribution in [0.5, 0.6) is 5.75 Å². The summed E-state index contributed by atoms with van der Waals surface area (Å²) in [6.45, 7) is 0.314. The molecule has 0 amide bonds. The van der Waals surface area contributed by atoms with Gasteiger partial charge in [-0.2, -0.15) is 0 Å². The Balaban J connectivity index is 2.07. The Morgan fingerprint density at radius 3 is 2.94 bits per heavy atom. The maximum Gasteiger partial charge on any atom is 0.138 e. The number of nitrogens with one attached hydrogen (secondary N) is 1. The first-order valence-corrected chi connectivity index (χ1v) is 6.30. The highest BCUT2D eigenvalue weighted by Crippen LogP contribution is 2.28. The second-order valence-electron chi connectivity index (χ2n) is 3.16. The quantitative estimate of drug-likeness (QED) is 0.936. The van der Waals surface area contributed by atoms with E-state index < -0.39 is 0 Å². The van der Waals surface area contributed by atoms with Crippen LogP contribution in [0, 0.1) is 0 Å². The summed E-state index contributed by atoms with van der Waals surface area (Å²) in [6.07, 6.45) is 0. The van der Waals surface area contributed by atoms with Crippen LogP contribution in [0.2, 0.25) is 10.0 Å². The van der Waals surface area contributed by atoms with Crippen molar-refractivity contribution in [3.63, 3.8) is 0 Å². The number of hydrogen-bond acceptors (Lipinski definition) is 5. The Morgan fingerprint density at radius 1 is 1.41 bits per heavy atom. The first-order valence-electron chi connectivity index (χ1n) is 4.77. The Labute approximate surface area is 113 Å². The maximum atomic E-state index is 5.98. The van der Waals surface area contributed by atoms with Crippen LogP contribution in [0.1, 0.15) is 5.69 Å². The molecule has 1 aromatic heterocycles. The standard InChI is InChI=1S/C10H9Cl2N3OS/c1-13-10-8(14-15-17-10)5-16-9-3-2-6(11)4-7(9)12/h2-4,13H,5H2,1H3. The monoisotopic (exact) mass is 289 g/mol. The number of ether oxygens (including phenoxy) is 1. The lowest BCUT2D eigenvalue weighted by Gasteiger charge is -2.07. The van der Waals surface area contributed by atoms with E-state index in [1.807, 2.05) is 7.05 Å². The summed E-state index contributed by atoms with van der Waals surface area (Å²) in [6, 6.07) is 5.08. The molecule has 2 aromatic rings. The van der Waals surface area contributed by atoms with E-state index in [0.29, 0.717) is 22.4 Å². The van der Waals surface area contributed by atoms with E-state index in [4.69, 9.17) is 27.9 Å². The number of hydrogen-bond donors (Lipinski definition) is 1. The number of halogens is 2. The molecule has 0 bridgehead atoms. The number of rotatable bonds is 4. The normalized spacial score (nSPS) is 10.3. The Hall–Kier alpha value is -1.04. The molecule has 0 fully saturated rings. The number of anilines is 1. The van der Waals surface area contributed by atoms with Crippen molar-refractivity contribution in [3.05, 3.63) is 33.9 Å². The van der Waals surface area contributed by atoms with E-state index in [-0.39, 0.29) is 0 Å². The lowest BCUT2D eigenvalue weighted by atomic mass is 10.3. The largest absolute Gasteiger partial charge is 0.486 e. The van der Waals surface area contributed by atoms with Gasteiger partial charge in [0.25, 0.3) is 0 Å². The van der Waals surface area contributed by atoms with Gasteiger partial charge in [-0.25, -0.2) is 0 Å². The zero-order valence-corrected chi connectivity index (χ0v) is 11.2.